The number of alkyl halides is 1. The van der Waals surface area contributed by atoms with E-state index in [-0.39, 0.29) is 22.9 Å². The second-order valence-electron chi connectivity index (χ2n) is 10.0. The number of nitriles is 2. The number of amides is 2. The summed E-state index contributed by atoms with van der Waals surface area (Å²) in [5.41, 5.74) is -0.178. The van der Waals surface area contributed by atoms with Crippen LogP contribution in [0.3, 0.4) is 0 Å². The summed E-state index contributed by atoms with van der Waals surface area (Å²) < 4.78 is 35.9. The first-order valence-electron chi connectivity index (χ1n) is 12.9. The van der Waals surface area contributed by atoms with Crippen molar-refractivity contribution in [2.24, 2.45) is 10.2 Å². The van der Waals surface area contributed by atoms with Gasteiger partial charge >= 0.3 is 11.9 Å². The zero-order chi connectivity index (χ0) is 35.0. The Bertz CT molecular complexity index is 1440. The third kappa shape index (κ3) is 15.0. The molecule has 0 aliphatic carbocycles. The van der Waals surface area contributed by atoms with Crippen molar-refractivity contribution in [1.82, 2.24) is 3.93 Å². The number of imide groups is 1. The van der Waals surface area contributed by atoms with Crippen LogP contribution in [0.4, 0.5) is 8.78 Å². The first kappa shape index (κ1) is 40.9. The molecule has 0 unspecified atom stereocenters. The topological polar surface area (TPSA) is 162 Å². The van der Waals surface area contributed by atoms with Crippen molar-refractivity contribution in [2.75, 3.05) is 14.2 Å². The number of ether oxygens (including phenoxy) is 2. The minimum absolute atomic E-state index is 0.0249. The normalized spacial score (nSPS) is 12.3. The lowest BCUT2D eigenvalue weighted by Gasteiger charge is -2.11. The minimum Gasteiger partial charge on any atom is -0.465 e. The summed E-state index contributed by atoms with van der Waals surface area (Å²) in [6.45, 7) is 8.33. The van der Waals surface area contributed by atoms with E-state index in [1.807, 2.05) is 12.1 Å². The number of carbonyl (C=O) groups excluding carboxylic acids is 4. The van der Waals surface area contributed by atoms with Gasteiger partial charge in [-0.2, -0.15) is 20.8 Å². The van der Waals surface area contributed by atoms with Gasteiger partial charge in [0.05, 0.1) is 53.6 Å². The first-order valence-corrected chi connectivity index (χ1v) is 14.8. The fourth-order valence-corrected chi connectivity index (χ4v) is 3.36. The number of carbonyl (C=O) groups is 4. The van der Waals surface area contributed by atoms with Crippen molar-refractivity contribution >= 4 is 55.8 Å². The molecular formula is C30H33Br2F2N5O6. The summed E-state index contributed by atoms with van der Waals surface area (Å²) in [7, 11) is 2.45. The van der Waals surface area contributed by atoms with Crippen molar-refractivity contribution < 1.29 is 37.4 Å². The van der Waals surface area contributed by atoms with Crippen LogP contribution in [-0.2, 0) is 24.4 Å². The van der Waals surface area contributed by atoms with Gasteiger partial charge in [-0.1, -0.05) is 28.1 Å². The molecule has 2 amide bonds. The number of aryl methyl sites for hydroxylation is 1. The molecule has 242 valence electrons. The molecule has 2 aromatic carbocycles. The minimum atomic E-state index is -0.839. The third-order valence-electron chi connectivity index (χ3n) is 5.21. The molecular weight excluding hydrogens is 724 g/mol. The Hall–Kier alpha value is -4.08. The largest absolute Gasteiger partial charge is 0.465 e. The second kappa shape index (κ2) is 19.3. The van der Waals surface area contributed by atoms with E-state index in [1.54, 1.807) is 46.8 Å². The van der Waals surface area contributed by atoms with E-state index in [0.29, 0.717) is 18.2 Å². The summed E-state index contributed by atoms with van der Waals surface area (Å²) in [6.07, 6.45) is 0.703. The molecule has 0 saturated carbocycles. The molecule has 1 saturated heterocycles. The summed E-state index contributed by atoms with van der Waals surface area (Å²) >= 11 is 5.99. The SMILES string of the molecule is CC(C)(C#N)N=NC(C)(C)C#N.COC(=O)c1ccc(C)cc1F.COC(=O)c1ccc(CBr)cc1F.O=C1CCC(=O)N1Br. The van der Waals surface area contributed by atoms with Crippen LogP contribution in [0.2, 0.25) is 0 Å². The maximum absolute atomic E-state index is 13.2. The van der Waals surface area contributed by atoms with E-state index in [1.165, 1.54) is 38.5 Å². The molecule has 0 N–H and O–H groups in total. The number of halogens is 4. The Labute approximate surface area is 277 Å². The lowest BCUT2D eigenvalue weighted by molar-refractivity contribution is -0.131. The smallest absolute Gasteiger partial charge is 0.340 e. The molecule has 0 aromatic heterocycles. The average Bonchev–Trinajstić information content (AvgIpc) is 3.31. The van der Waals surface area contributed by atoms with Gasteiger partial charge in [0.15, 0.2) is 11.1 Å². The molecule has 11 nitrogen and oxygen atoms in total. The van der Waals surface area contributed by atoms with Gasteiger partial charge in [-0.15, -0.1) is 0 Å². The zero-order valence-electron chi connectivity index (χ0n) is 25.8. The molecule has 1 heterocycles. The highest BCUT2D eigenvalue weighted by Crippen LogP contribution is 2.16. The molecule has 1 fully saturated rings. The number of rotatable bonds is 5. The van der Waals surface area contributed by atoms with Crippen LogP contribution in [0.1, 0.15) is 72.4 Å². The van der Waals surface area contributed by atoms with Crippen molar-refractivity contribution in [3.05, 3.63) is 70.3 Å². The molecule has 0 spiro atoms. The van der Waals surface area contributed by atoms with E-state index in [9.17, 15) is 28.0 Å². The lowest BCUT2D eigenvalue weighted by atomic mass is 10.1. The van der Waals surface area contributed by atoms with Gasteiger partial charge in [0.25, 0.3) is 0 Å². The number of methoxy groups -OCH3 is 2. The van der Waals surface area contributed by atoms with Gasteiger partial charge in [-0.25, -0.2) is 22.3 Å². The maximum atomic E-state index is 13.2. The van der Waals surface area contributed by atoms with E-state index in [2.05, 4.69) is 51.8 Å². The number of azo groups is 1. The monoisotopic (exact) mass is 755 g/mol. The molecule has 1 aliphatic heterocycles. The van der Waals surface area contributed by atoms with Gasteiger partial charge in [0, 0.05) is 18.2 Å². The van der Waals surface area contributed by atoms with Crippen molar-refractivity contribution in [2.45, 2.75) is 63.9 Å². The Morgan fingerprint density at radius 1 is 0.867 bits per heavy atom. The first-order chi connectivity index (χ1) is 20.9. The van der Waals surface area contributed by atoms with E-state index in [4.69, 9.17) is 10.5 Å². The molecule has 45 heavy (non-hydrogen) atoms. The summed E-state index contributed by atoms with van der Waals surface area (Å²) in [5, 5.41) is 25.2. The quantitative estimate of drug-likeness (QED) is 0.104. The number of benzene rings is 2. The molecule has 3 rings (SSSR count). The Kier molecular flexibility index (Phi) is 17.6. The number of hydrogen-bond acceptors (Lipinski definition) is 10. The second-order valence-corrected chi connectivity index (χ2v) is 11.3. The number of esters is 2. The molecule has 0 atom stereocenters. The highest BCUT2D eigenvalue weighted by Gasteiger charge is 2.26. The van der Waals surface area contributed by atoms with E-state index < -0.39 is 34.7 Å². The van der Waals surface area contributed by atoms with Crippen LogP contribution < -0.4 is 0 Å². The Balaban J connectivity index is 0.000000581. The van der Waals surface area contributed by atoms with Crippen LogP contribution in [0.15, 0.2) is 46.6 Å². The molecule has 0 bridgehead atoms. The maximum Gasteiger partial charge on any atom is 0.340 e. The van der Waals surface area contributed by atoms with Gasteiger partial charge in [0.2, 0.25) is 11.8 Å². The number of hydrogen-bond donors (Lipinski definition) is 0. The predicted octanol–water partition coefficient (Wildman–Crippen LogP) is 6.92. The molecule has 1 aliphatic rings. The van der Waals surface area contributed by atoms with Crippen LogP contribution in [0.25, 0.3) is 0 Å². The molecule has 0 radical (unpaired) electrons. The van der Waals surface area contributed by atoms with Crippen molar-refractivity contribution in [1.29, 1.82) is 10.5 Å². The average molecular weight is 757 g/mol. The van der Waals surface area contributed by atoms with Crippen LogP contribution >= 0.6 is 32.1 Å². The summed E-state index contributed by atoms with van der Waals surface area (Å²) in [4.78, 5) is 42.7. The van der Waals surface area contributed by atoms with Crippen LogP contribution in [-0.4, -0.2) is 53.0 Å². The fourth-order valence-electron chi connectivity index (χ4n) is 2.66. The van der Waals surface area contributed by atoms with Gasteiger partial charge in [-0.05, 0) is 70.0 Å². The van der Waals surface area contributed by atoms with Gasteiger partial charge in [0.1, 0.15) is 11.6 Å². The summed E-state index contributed by atoms with van der Waals surface area (Å²) in [6, 6.07) is 12.7. The third-order valence-corrected chi connectivity index (χ3v) is 6.65. The van der Waals surface area contributed by atoms with Gasteiger partial charge in [-0.3, -0.25) is 9.59 Å². The predicted molar refractivity (Wildman–Crippen MR) is 167 cm³/mol. The lowest BCUT2D eigenvalue weighted by Crippen LogP contribution is -2.17. The fraction of sp³-hybridized carbons (Fsp3) is 0.400. The number of nitrogens with zero attached hydrogens (tertiary/aromatic N) is 5. The molecule has 15 heteroatoms. The van der Waals surface area contributed by atoms with E-state index >= 15 is 0 Å². The highest BCUT2D eigenvalue weighted by molar-refractivity contribution is 9.08. The molecule has 2 aromatic rings. The highest BCUT2D eigenvalue weighted by atomic mass is 79.9. The van der Waals surface area contributed by atoms with Crippen LogP contribution in [0, 0.1) is 41.2 Å². The Morgan fingerprint density at radius 2 is 1.27 bits per heavy atom. The standard InChI is InChI=1S/C9H8BrFO2.C9H9FO2.C8H12N4.C4H4BrNO2/c1-13-9(12)7-3-2-6(5-10)4-8(7)11;1-6-3-4-7(8(10)5-6)9(11)12-2;1-7(2,5-9)11-12-8(3,4)6-10;5-6-3(7)1-2-4(6)8/h2-4H,5H2,1H3;3-5H,1-2H3;1-4H3;1-2H2. The van der Waals surface area contributed by atoms with Gasteiger partial charge < -0.3 is 9.47 Å². The summed E-state index contributed by atoms with van der Waals surface area (Å²) in [5.74, 6) is -2.68. The van der Waals surface area contributed by atoms with E-state index in [0.717, 1.165) is 15.1 Å². The Morgan fingerprint density at radius 3 is 1.56 bits per heavy atom. The van der Waals surface area contributed by atoms with Crippen molar-refractivity contribution in [3.8, 4) is 12.1 Å². The van der Waals surface area contributed by atoms with Crippen molar-refractivity contribution in [3.63, 3.8) is 0 Å². The van der Waals surface area contributed by atoms with Crippen LogP contribution in [0.5, 0.6) is 0 Å². The zero-order valence-corrected chi connectivity index (χ0v) is 29.0.